The third kappa shape index (κ3) is 3.71. The predicted molar refractivity (Wildman–Crippen MR) is 71.0 cm³/mol. The van der Waals surface area contributed by atoms with Crippen LogP contribution in [0.4, 0.5) is 0 Å². The molecule has 0 bridgehead atoms. The number of unbranched alkanes of at least 4 members (excludes halogenated alkanes) is 1. The van der Waals surface area contributed by atoms with Gasteiger partial charge in [0.15, 0.2) is 0 Å². The summed E-state index contributed by atoms with van der Waals surface area (Å²) in [5.41, 5.74) is 0.512. The van der Waals surface area contributed by atoms with Gasteiger partial charge in [-0.3, -0.25) is 4.79 Å². The highest BCUT2D eigenvalue weighted by Crippen LogP contribution is 2.24. The van der Waals surface area contributed by atoms with Gasteiger partial charge in [0.1, 0.15) is 4.90 Å². The first-order valence-electron chi connectivity index (χ1n) is 5.69. The van der Waals surface area contributed by atoms with E-state index < -0.39 is 15.9 Å². The van der Waals surface area contributed by atoms with Crippen LogP contribution >= 0.6 is 11.6 Å². The topological polar surface area (TPSA) is 63.2 Å². The zero-order valence-electron chi connectivity index (χ0n) is 10.4. The van der Waals surface area contributed by atoms with E-state index in [0.29, 0.717) is 12.0 Å². The minimum Gasteiger partial charge on any atom is -0.274 e. The minimum absolute atomic E-state index is 0.0310. The maximum absolute atomic E-state index is 12.0. The van der Waals surface area contributed by atoms with Crippen LogP contribution in [0.2, 0.25) is 5.02 Å². The molecule has 0 unspecified atom stereocenters. The van der Waals surface area contributed by atoms with E-state index in [4.69, 9.17) is 11.6 Å². The van der Waals surface area contributed by atoms with Crippen molar-refractivity contribution in [2.75, 3.05) is 0 Å². The Hall–Kier alpha value is -1.07. The number of amides is 1. The molecule has 18 heavy (non-hydrogen) atoms. The molecule has 1 N–H and O–H groups in total. The highest BCUT2D eigenvalue weighted by Gasteiger charge is 2.22. The molecule has 0 heterocycles. The van der Waals surface area contributed by atoms with Gasteiger partial charge in [0, 0.05) is 6.42 Å². The smallest absolute Gasteiger partial charge is 0.265 e. The highest BCUT2D eigenvalue weighted by molar-refractivity contribution is 7.90. The van der Waals surface area contributed by atoms with Crippen molar-refractivity contribution in [1.82, 2.24) is 4.72 Å². The molecular formula is C12H16ClNO3S. The van der Waals surface area contributed by atoms with Crippen molar-refractivity contribution in [3.8, 4) is 0 Å². The molecule has 0 saturated carbocycles. The predicted octanol–water partition coefficient (Wildman–Crippen LogP) is 2.64. The van der Waals surface area contributed by atoms with E-state index in [1.165, 1.54) is 6.07 Å². The Balaban J connectivity index is 2.97. The van der Waals surface area contributed by atoms with Crippen LogP contribution in [0.25, 0.3) is 0 Å². The first-order chi connectivity index (χ1) is 8.38. The van der Waals surface area contributed by atoms with E-state index in [0.717, 1.165) is 6.42 Å². The first-order valence-corrected chi connectivity index (χ1v) is 7.55. The minimum atomic E-state index is -3.88. The summed E-state index contributed by atoms with van der Waals surface area (Å²) in [4.78, 5) is 11.4. The Morgan fingerprint density at radius 2 is 2.06 bits per heavy atom. The van der Waals surface area contributed by atoms with E-state index in [-0.39, 0.29) is 16.3 Å². The van der Waals surface area contributed by atoms with E-state index in [1.54, 1.807) is 19.1 Å². The average Bonchev–Trinajstić information content (AvgIpc) is 2.25. The average molecular weight is 290 g/mol. The molecule has 0 aliphatic carbocycles. The summed E-state index contributed by atoms with van der Waals surface area (Å²) in [5, 5.41) is 0.116. The zero-order chi connectivity index (χ0) is 13.8. The van der Waals surface area contributed by atoms with Crippen molar-refractivity contribution in [1.29, 1.82) is 0 Å². The number of rotatable bonds is 5. The first kappa shape index (κ1) is 15.0. The van der Waals surface area contributed by atoms with Crippen LogP contribution in [-0.2, 0) is 14.8 Å². The lowest BCUT2D eigenvalue weighted by atomic mass is 10.2. The number of hydrogen-bond acceptors (Lipinski definition) is 3. The second kappa shape index (κ2) is 6.20. The molecule has 0 aromatic heterocycles. The van der Waals surface area contributed by atoms with Crippen molar-refractivity contribution in [3.05, 3.63) is 28.8 Å². The summed E-state index contributed by atoms with van der Waals surface area (Å²) >= 11 is 5.87. The Morgan fingerprint density at radius 3 is 2.61 bits per heavy atom. The summed E-state index contributed by atoms with van der Waals surface area (Å²) in [6.07, 6.45) is 1.68. The fourth-order valence-corrected chi connectivity index (χ4v) is 3.39. The van der Waals surface area contributed by atoms with Gasteiger partial charge in [-0.1, -0.05) is 37.1 Å². The van der Waals surface area contributed by atoms with Gasteiger partial charge in [-0.05, 0) is 25.0 Å². The largest absolute Gasteiger partial charge is 0.274 e. The third-order valence-electron chi connectivity index (χ3n) is 2.44. The molecule has 4 nitrogen and oxygen atoms in total. The number of benzene rings is 1. The third-order valence-corrected chi connectivity index (χ3v) is 4.44. The summed E-state index contributed by atoms with van der Waals surface area (Å²) in [5.74, 6) is -0.504. The van der Waals surface area contributed by atoms with Crippen molar-refractivity contribution in [2.45, 2.75) is 38.0 Å². The quantitative estimate of drug-likeness (QED) is 0.906. The Morgan fingerprint density at radius 1 is 1.39 bits per heavy atom. The lowest BCUT2D eigenvalue weighted by Gasteiger charge is -2.10. The molecule has 1 amide bonds. The number of carbonyl (C=O) groups excluding carboxylic acids is 1. The van der Waals surface area contributed by atoms with Crippen molar-refractivity contribution >= 4 is 27.5 Å². The summed E-state index contributed by atoms with van der Waals surface area (Å²) in [6.45, 7) is 3.57. The molecule has 1 rings (SSSR count). The van der Waals surface area contributed by atoms with E-state index in [1.807, 2.05) is 11.6 Å². The van der Waals surface area contributed by atoms with Crippen LogP contribution in [0.5, 0.6) is 0 Å². The molecule has 100 valence electrons. The van der Waals surface area contributed by atoms with Crippen LogP contribution in [0, 0.1) is 6.92 Å². The van der Waals surface area contributed by atoms with Crippen molar-refractivity contribution in [3.63, 3.8) is 0 Å². The van der Waals surface area contributed by atoms with Crippen LogP contribution in [-0.4, -0.2) is 14.3 Å². The molecule has 0 fully saturated rings. The van der Waals surface area contributed by atoms with Gasteiger partial charge in [0.25, 0.3) is 10.0 Å². The Bertz CT molecular complexity index is 520. The number of hydrogen-bond donors (Lipinski definition) is 1. The number of aryl methyl sites for hydroxylation is 1. The van der Waals surface area contributed by atoms with E-state index in [9.17, 15) is 13.2 Å². The highest BCUT2D eigenvalue weighted by atomic mass is 35.5. The lowest BCUT2D eigenvalue weighted by Crippen LogP contribution is -2.31. The standard InChI is InChI=1S/C12H16ClNO3S/c1-3-4-8-11(15)14-18(16,17)12-9(2)6-5-7-10(12)13/h5-7H,3-4,8H2,1-2H3,(H,14,15). The summed E-state index contributed by atoms with van der Waals surface area (Å²) in [6, 6.07) is 4.78. The maximum Gasteiger partial charge on any atom is 0.265 e. The van der Waals surface area contributed by atoms with Crippen LogP contribution in [0.1, 0.15) is 31.7 Å². The SMILES string of the molecule is CCCCC(=O)NS(=O)(=O)c1c(C)cccc1Cl. The molecule has 1 aromatic carbocycles. The number of carbonyl (C=O) groups is 1. The van der Waals surface area contributed by atoms with Gasteiger partial charge in [-0.25, -0.2) is 13.1 Å². The monoisotopic (exact) mass is 289 g/mol. The van der Waals surface area contributed by atoms with Gasteiger partial charge in [0.05, 0.1) is 5.02 Å². The van der Waals surface area contributed by atoms with Gasteiger partial charge >= 0.3 is 0 Å². The van der Waals surface area contributed by atoms with E-state index in [2.05, 4.69) is 0 Å². The molecule has 0 aliphatic heterocycles. The van der Waals surface area contributed by atoms with Gasteiger partial charge in [-0.2, -0.15) is 0 Å². The fraction of sp³-hybridized carbons (Fsp3) is 0.417. The molecule has 1 aromatic rings. The summed E-state index contributed by atoms with van der Waals surface area (Å²) < 4.78 is 26.1. The molecule has 0 atom stereocenters. The number of sulfonamides is 1. The molecule has 6 heteroatoms. The summed E-state index contributed by atoms with van der Waals surface area (Å²) in [7, 11) is -3.88. The molecule has 0 radical (unpaired) electrons. The van der Waals surface area contributed by atoms with Crippen LogP contribution in [0.3, 0.4) is 0 Å². The Kier molecular flexibility index (Phi) is 5.16. The maximum atomic E-state index is 12.0. The second-order valence-corrected chi connectivity index (χ2v) is 6.04. The van der Waals surface area contributed by atoms with Gasteiger partial charge in [-0.15, -0.1) is 0 Å². The zero-order valence-corrected chi connectivity index (χ0v) is 11.9. The Labute approximate surface area is 112 Å². The number of nitrogens with one attached hydrogen (secondary N) is 1. The van der Waals surface area contributed by atoms with Gasteiger partial charge < -0.3 is 0 Å². The van der Waals surface area contributed by atoms with Crippen LogP contribution < -0.4 is 4.72 Å². The van der Waals surface area contributed by atoms with E-state index >= 15 is 0 Å². The van der Waals surface area contributed by atoms with Crippen LogP contribution in [0.15, 0.2) is 23.1 Å². The van der Waals surface area contributed by atoms with Crippen molar-refractivity contribution in [2.24, 2.45) is 0 Å². The molecule has 0 aliphatic rings. The lowest BCUT2D eigenvalue weighted by molar-refractivity contribution is -0.119. The van der Waals surface area contributed by atoms with Gasteiger partial charge in [0.2, 0.25) is 5.91 Å². The molecule has 0 spiro atoms. The van der Waals surface area contributed by atoms with Crippen molar-refractivity contribution < 1.29 is 13.2 Å². The normalized spacial score (nSPS) is 11.3. The molecule has 0 saturated heterocycles. The fourth-order valence-electron chi connectivity index (χ4n) is 1.55. The second-order valence-electron chi connectivity index (χ2n) is 4.02. The molecular weight excluding hydrogens is 274 g/mol. The number of halogens is 1.